The number of aliphatic imine (C=N–C) groups is 1. The van der Waals surface area contributed by atoms with Gasteiger partial charge >= 0.3 is 0 Å². The Kier molecular flexibility index (Phi) is 5.75. The van der Waals surface area contributed by atoms with E-state index in [1.54, 1.807) is 0 Å². The fourth-order valence-electron chi connectivity index (χ4n) is 1.38. The van der Waals surface area contributed by atoms with Crippen LogP contribution in [0.25, 0.3) is 0 Å². The molecule has 92 valence electrons. The van der Waals surface area contributed by atoms with Crippen molar-refractivity contribution in [2.45, 2.75) is 6.54 Å². The molecule has 0 saturated carbocycles. The van der Waals surface area contributed by atoms with E-state index in [9.17, 15) is 0 Å². The second kappa shape index (κ2) is 7.36. The minimum atomic E-state index is 0.438. The lowest BCUT2D eigenvalue weighted by Crippen LogP contribution is -2.13. The number of nitrogens with one attached hydrogen (secondary N) is 1. The van der Waals surface area contributed by atoms with E-state index in [2.05, 4.69) is 29.7 Å². The van der Waals surface area contributed by atoms with Gasteiger partial charge in [0.05, 0.1) is 0 Å². The minimum absolute atomic E-state index is 0.438. The van der Waals surface area contributed by atoms with E-state index in [4.69, 9.17) is 5.26 Å². The van der Waals surface area contributed by atoms with Gasteiger partial charge in [0.1, 0.15) is 16.7 Å². The van der Waals surface area contributed by atoms with E-state index in [1.807, 2.05) is 36.6 Å². The molecule has 0 radical (unpaired) electrons. The molecule has 1 N–H and O–H groups in total. The van der Waals surface area contributed by atoms with Crippen LogP contribution in [0.1, 0.15) is 5.56 Å². The van der Waals surface area contributed by atoms with Crippen LogP contribution >= 0.6 is 11.8 Å². The normalized spacial score (nSPS) is 11.1. The van der Waals surface area contributed by atoms with Gasteiger partial charge in [-0.2, -0.15) is 5.26 Å². The number of nitrogens with zero attached hydrogens (tertiary/aromatic N) is 2. The van der Waals surface area contributed by atoms with E-state index in [0.29, 0.717) is 22.8 Å². The van der Waals surface area contributed by atoms with Crippen molar-refractivity contribution in [1.82, 2.24) is 5.32 Å². The zero-order valence-corrected chi connectivity index (χ0v) is 11.1. The molecule has 0 saturated heterocycles. The lowest BCUT2D eigenvalue weighted by molar-refractivity contribution is 0.828. The van der Waals surface area contributed by atoms with Gasteiger partial charge in [-0.1, -0.05) is 36.9 Å². The van der Waals surface area contributed by atoms with Gasteiger partial charge in [0, 0.05) is 12.2 Å². The summed E-state index contributed by atoms with van der Waals surface area (Å²) in [5.41, 5.74) is 2.14. The lowest BCUT2D eigenvalue weighted by Gasteiger charge is -2.10. The summed E-state index contributed by atoms with van der Waals surface area (Å²) in [4.78, 5) is 3.82. The van der Waals surface area contributed by atoms with Crippen LogP contribution in [-0.4, -0.2) is 13.0 Å². The first-order chi connectivity index (χ1) is 8.72. The number of thioether (sulfide) groups is 1. The molecule has 1 aromatic carbocycles. The quantitative estimate of drug-likeness (QED) is 0.484. The zero-order valence-electron chi connectivity index (χ0n) is 10.3. The molecule has 0 aliphatic heterocycles. The highest BCUT2D eigenvalue weighted by Gasteiger charge is 2.08. The van der Waals surface area contributed by atoms with Crippen molar-refractivity contribution in [1.29, 1.82) is 5.26 Å². The van der Waals surface area contributed by atoms with Crippen LogP contribution < -0.4 is 5.32 Å². The van der Waals surface area contributed by atoms with Gasteiger partial charge in [0.2, 0.25) is 0 Å². The van der Waals surface area contributed by atoms with E-state index in [1.165, 1.54) is 11.8 Å². The molecule has 3 nitrogen and oxygen atoms in total. The summed E-state index contributed by atoms with van der Waals surface area (Å²) in [5, 5.41) is 12.8. The second-order valence-corrected chi connectivity index (χ2v) is 4.27. The molecule has 0 aliphatic carbocycles. The van der Waals surface area contributed by atoms with Gasteiger partial charge in [-0.05, 0) is 18.5 Å². The molecule has 0 heterocycles. The molecule has 0 atom stereocenters. The number of hydrogen-bond acceptors (Lipinski definition) is 4. The van der Waals surface area contributed by atoms with Gasteiger partial charge in [-0.3, -0.25) is 4.99 Å². The Bertz CT molecular complexity index is 498. The molecule has 1 rings (SSSR count). The zero-order chi connectivity index (χ0) is 13.4. The molecule has 0 spiro atoms. The summed E-state index contributed by atoms with van der Waals surface area (Å²) >= 11 is 1.38. The summed E-state index contributed by atoms with van der Waals surface area (Å²) in [5.74, 6) is 0. The van der Waals surface area contributed by atoms with Gasteiger partial charge in [0.15, 0.2) is 0 Å². The third-order valence-electron chi connectivity index (χ3n) is 2.31. The van der Waals surface area contributed by atoms with Crippen molar-refractivity contribution in [3.63, 3.8) is 0 Å². The fraction of sp³-hybridized carbons (Fsp3) is 0.143. The summed E-state index contributed by atoms with van der Waals surface area (Å²) in [6, 6.07) is 12.0. The Morgan fingerprint density at radius 2 is 2.11 bits per heavy atom. The van der Waals surface area contributed by atoms with Crippen LogP contribution in [0.15, 0.2) is 58.2 Å². The third kappa shape index (κ3) is 3.79. The van der Waals surface area contributed by atoms with Crippen molar-refractivity contribution in [2.75, 3.05) is 6.26 Å². The predicted molar refractivity (Wildman–Crippen MR) is 78.1 cm³/mol. The predicted octanol–water partition coefficient (Wildman–Crippen LogP) is 3.09. The van der Waals surface area contributed by atoms with Crippen LogP contribution in [0.3, 0.4) is 0 Å². The SMILES string of the molecule is C=N/C(SC)=C(/C#N)C(=C)NCc1ccccc1. The molecule has 1 aromatic rings. The monoisotopic (exact) mass is 257 g/mol. The molecule has 0 fully saturated rings. The Hall–Kier alpha value is -1.99. The van der Waals surface area contributed by atoms with Crippen molar-refractivity contribution in [3.05, 3.63) is 58.8 Å². The molecule has 0 bridgehead atoms. The Balaban J connectivity index is 2.74. The van der Waals surface area contributed by atoms with Crippen molar-refractivity contribution < 1.29 is 0 Å². The summed E-state index contributed by atoms with van der Waals surface area (Å²) in [6.07, 6.45) is 1.85. The van der Waals surface area contributed by atoms with Crippen LogP contribution in [0.2, 0.25) is 0 Å². The highest BCUT2D eigenvalue weighted by atomic mass is 32.2. The van der Waals surface area contributed by atoms with Crippen LogP contribution in [-0.2, 0) is 6.54 Å². The van der Waals surface area contributed by atoms with Crippen LogP contribution in [0.5, 0.6) is 0 Å². The summed E-state index contributed by atoms with van der Waals surface area (Å²) in [6.45, 7) is 7.95. The van der Waals surface area contributed by atoms with E-state index in [0.717, 1.165) is 5.56 Å². The fourth-order valence-corrected chi connectivity index (χ4v) is 1.89. The van der Waals surface area contributed by atoms with E-state index < -0.39 is 0 Å². The van der Waals surface area contributed by atoms with Gasteiger partial charge < -0.3 is 5.32 Å². The minimum Gasteiger partial charge on any atom is -0.380 e. The third-order valence-corrected chi connectivity index (χ3v) is 3.03. The summed E-state index contributed by atoms with van der Waals surface area (Å²) < 4.78 is 0. The van der Waals surface area contributed by atoms with Crippen molar-refractivity contribution in [2.24, 2.45) is 4.99 Å². The molecule has 0 amide bonds. The highest BCUT2D eigenvalue weighted by Crippen LogP contribution is 2.21. The number of allylic oxidation sites excluding steroid dienone is 1. The average molecular weight is 257 g/mol. The smallest absolute Gasteiger partial charge is 0.115 e. The Labute approximate surface area is 112 Å². The van der Waals surface area contributed by atoms with Crippen LogP contribution in [0, 0.1) is 11.3 Å². The summed E-state index contributed by atoms with van der Waals surface area (Å²) in [7, 11) is 0. The maximum absolute atomic E-state index is 9.12. The van der Waals surface area contributed by atoms with Gasteiger partial charge in [0.25, 0.3) is 0 Å². The molecule has 0 aromatic heterocycles. The molecule has 4 heteroatoms. The maximum Gasteiger partial charge on any atom is 0.115 e. The van der Waals surface area contributed by atoms with Crippen molar-refractivity contribution in [3.8, 4) is 6.07 Å². The average Bonchev–Trinajstić information content (AvgIpc) is 2.43. The topological polar surface area (TPSA) is 48.2 Å². The Morgan fingerprint density at radius 3 is 2.61 bits per heavy atom. The standard InChI is InChI=1S/C14H15N3S/c1-11(13(9-15)14(16-2)18-3)17-10-12-7-5-4-6-8-12/h4-8,17H,1-2,10H2,3H3/b14-13+. The number of rotatable bonds is 6. The first kappa shape index (κ1) is 14.1. The Morgan fingerprint density at radius 1 is 1.44 bits per heavy atom. The molecular weight excluding hydrogens is 242 g/mol. The van der Waals surface area contributed by atoms with E-state index in [-0.39, 0.29) is 0 Å². The number of hydrogen-bond donors (Lipinski definition) is 1. The number of benzene rings is 1. The first-order valence-corrected chi connectivity index (χ1v) is 6.57. The lowest BCUT2D eigenvalue weighted by atomic mass is 10.2. The molecule has 0 aliphatic rings. The van der Waals surface area contributed by atoms with Crippen LogP contribution in [0.4, 0.5) is 0 Å². The maximum atomic E-state index is 9.12. The molecule has 0 unspecified atom stereocenters. The van der Waals surface area contributed by atoms with Gasteiger partial charge in [-0.25, -0.2) is 0 Å². The van der Waals surface area contributed by atoms with Gasteiger partial charge in [-0.15, -0.1) is 11.8 Å². The second-order valence-electron chi connectivity index (χ2n) is 3.47. The molecular formula is C14H15N3S. The van der Waals surface area contributed by atoms with E-state index >= 15 is 0 Å². The molecule has 18 heavy (non-hydrogen) atoms. The largest absolute Gasteiger partial charge is 0.380 e. The number of nitriles is 1. The highest BCUT2D eigenvalue weighted by molar-refractivity contribution is 8.02. The van der Waals surface area contributed by atoms with Crippen molar-refractivity contribution >= 4 is 18.5 Å². The first-order valence-electron chi connectivity index (χ1n) is 5.35.